The molecular formula is C13H21N3OS. The third-order valence-electron chi connectivity index (χ3n) is 2.54. The van der Waals surface area contributed by atoms with E-state index in [0.717, 1.165) is 24.5 Å². The van der Waals surface area contributed by atoms with E-state index in [1.54, 1.807) is 17.8 Å². The molecule has 5 heteroatoms. The fourth-order valence-corrected chi connectivity index (χ4v) is 2.28. The number of hydrogen-bond acceptors (Lipinski definition) is 4. The highest BCUT2D eigenvalue weighted by Gasteiger charge is 2.12. The predicted molar refractivity (Wildman–Crippen MR) is 78.3 cm³/mol. The maximum atomic E-state index is 12.0. The van der Waals surface area contributed by atoms with Gasteiger partial charge in [0.1, 0.15) is 11.5 Å². The van der Waals surface area contributed by atoms with Crippen molar-refractivity contribution < 1.29 is 4.79 Å². The van der Waals surface area contributed by atoms with Crippen LogP contribution in [0.15, 0.2) is 18.2 Å². The highest BCUT2D eigenvalue weighted by atomic mass is 32.2. The Morgan fingerprint density at radius 1 is 1.44 bits per heavy atom. The van der Waals surface area contributed by atoms with Crippen LogP contribution >= 0.6 is 11.8 Å². The molecule has 0 aliphatic rings. The minimum absolute atomic E-state index is 0.101. The van der Waals surface area contributed by atoms with Crippen molar-refractivity contribution in [2.45, 2.75) is 26.3 Å². The van der Waals surface area contributed by atoms with Crippen LogP contribution < -0.4 is 10.6 Å². The quantitative estimate of drug-likeness (QED) is 0.796. The summed E-state index contributed by atoms with van der Waals surface area (Å²) < 4.78 is 0. The Kier molecular flexibility index (Phi) is 6.57. The Balaban J connectivity index is 2.68. The number of carbonyl (C=O) groups excluding carboxylic acids is 1. The summed E-state index contributed by atoms with van der Waals surface area (Å²) in [5.74, 6) is 1.56. The molecule has 2 N–H and O–H groups in total. The molecule has 18 heavy (non-hydrogen) atoms. The van der Waals surface area contributed by atoms with Gasteiger partial charge in [-0.3, -0.25) is 4.79 Å². The Hall–Kier alpha value is -1.23. The number of amides is 1. The molecule has 4 nitrogen and oxygen atoms in total. The van der Waals surface area contributed by atoms with Gasteiger partial charge in [-0.15, -0.1) is 0 Å². The number of thioether (sulfide) groups is 1. The normalized spacial score (nSPS) is 11.9. The molecule has 0 radical (unpaired) electrons. The monoisotopic (exact) mass is 267 g/mol. The zero-order chi connectivity index (χ0) is 13.4. The molecule has 0 aromatic carbocycles. The molecule has 0 saturated heterocycles. The van der Waals surface area contributed by atoms with Crippen molar-refractivity contribution in [3.8, 4) is 0 Å². The summed E-state index contributed by atoms with van der Waals surface area (Å²) in [5, 5.41) is 6.10. The van der Waals surface area contributed by atoms with E-state index < -0.39 is 0 Å². The summed E-state index contributed by atoms with van der Waals surface area (Å²) in [5.41, 5.74) is 0.466. The number of nitrogens with one attached hydrogen (secondary N) is 2. The van der Waals surface area contributed by atoms with E-state index in [9.17, 15) is 4.79 Å². The first-order valence-electron chi connectivity index (χ1n) is 6.22. The molecule has 1 amide bonds. The van der Waals surface area contributed by atoms with Crippen molar-refractivity contribution in [3.63, 3.8) is 0 Å². The van der Waals surface area contributed by atoms with Crippen LogP contribution in [0.2, 0.25) is 0 Å². The molecule has 1 rings (SSSR count). The Morgan fingerprint density at radius 2 is 2.22 bits per heavy atom. The Morgan fingerprint density at radius 3 is 2.83 bits per heavy atom. The highest BCUT2D eigenvalue weighted by molar-refractivity contribution is 7.98. The fraction of sp³-hybridized carbons (Fsp3) is 0.538. The summed E-state index contributed by atoms with van der Waals surface area (Å²) in [6, 6.07) is 5.65. The molecule has 1 aromatic heterocycles. The van der Waals surface area contributed by atoms with Crippen LogP contribution in [-0.2, 0) is 0 Å². The Bertz CT molecular complexity index is 384. The molecule has 0 bridgehead atoms. The minimum Gasteiger partial charge on any atom is -0.370 e. The molecule has 1 heterocycles. The molecule has 100 valence electrons. The Labute approximate surface area is 113 Å². The highest BCUT2D eigenvalue weighted by Crippen LogP contribution is 2.06. The lowest BCUT2D eigenvalue weighted by atomic mass is 10.2. The van der Waals surface area contributed by atoms with Gasteiger partial charge in [0.15, 0.2) is 0 Å². The first kappa shape index (κ1) is 14.8. The van der Waals surface area contributed by atoms with Crippen LogP contribution in [0.25, 0.3) is 0 Å². The maximum absolute atomic E-state index is 12.0. The first-order valence-corrected chi connectivity index (χ1v) is 7.61. The van der Waals surface area contributed by atoms with E-state index in [-0.39, 0.29) is 11.9 Å². The van der Waals surface area contributed by atoms with Gasteiger partial charge in [0.2, 0.25) is 0 Å². The largest absolute Gasteiger partial charge is 0.370 e. The lowest BCUT2D eigenvalue weighted by Gasteiger charge is -2.15. The van der Waals surface area contributed by atoms with Gasteiger partial charge in [-0.05, 0) is 31.7 Å². The number of rotatable bonds is 7. The third kappa shape index (κ3) is 4.56. The van der Waals surface area contributed by atoms with Gasteiger partial charge in [-0.25, -0.2) is 4.98 Å². The van der Waals surface area contributed by atoms with Crippen molar-refractivity contribution >= 4 is 23.5 Å². The van der Waals surface area contributed by atoms with Gasteiger partial charge in [0.05, 0.1) is 0 Å². The number of nitrogens with zero attached hydrogens (tertiary/aromatic N) is 1. The summed E-state index contributed by atoms with van der Waals surface area (Å²) in [6.45, 7) is 4.87. The van der Waals surface area contributed by atoms with E-state index in [1.807, 2.05) is 25.3 Å². The second-order valence-corrected chi connectivity index (χ2v) is 4.88. The van der Waals surface area contributed by atoms with E-state index in [2.05, 4.69) is 22.5 Å². The molecule has 0 spiro atoms. The zero-order valence-electron chi connectivity index (χ0n) is 11.2. The van der Waals surface area contributed by atoms with E-state index in [1.165, 1.54) is 0 Å². The standard InChI is InChI=1S/C13H21N3OS/c1-4-10(9-18-3)15-13(17)11-7-6-8-12(16-11)14-5-2/h6-8,10H,4-5,9H2,1-3H3,(H,14,16)(H,15,17). The van der Waals surface area contributed by atoms with Crippen LogP contribution in [0.1, 0.15) is 30.8 Å². The molecule has 1 atom stereocenters. The lowest BCUT2D eigenvalue weighted by molar-refractivity contribution is 0.0935. The van der Waals surface area contributed by atoms with Gasteiger partial charge >= 0.3 is 0 Å². The zero-order valence-corrected chi connectivity index (χ0v) is 12.0. The van der Waals surface area contributed by atoms with Gasteiger partial charge in [-0.1, -0.05) is 13.0 Å². The topological polar surface area (TPSA) is 54.0 Å². The second kappa shape index (κ2) is 7.97. The molecule has 0 saturated carbocycles. The smallest absolute Gasteiger partial charge is 0.270 e. The number of anilines is 1. The number of hydrogen-bond donors (Lipinski definition) is 2. The fourth-order valence-electron chi connectivity index (χ4n) is 1.56. The van der Waals surface area contributed by atoms with Crippen LogP contribution in [0.5, 0.6) is 0 Å². The van der Waals surface area contributed by atoms with E-state index in [0.29, 0.717) is 5.69 Å². The van der Waals surface area contributed by atoms with Crippen LogP contribution in [-0.4, -0.2) is 35.5 Å². The van der Waals surface area contributed by atoms with Gasteiger partial charge in [0.25, 0.3) is 5.91 Å². The average Bonchev–Trinajstić information content (AvgIpc) is 2.39. The lowest BCUT2D eigenvalue weighted by Crippen LogP contribution is -2.36. The van der Waals surface area contributed by atoms with Crippen LogP contribution in [0.3, 0.4) is 0 Å². The number of aromatic nitrogens is 1. The number of carbonyl (C=O) groups is 1. The van der Waals surface area contributed by atoms with Crippen LogP contribution in [0.4, 0.5) is 5.82 Å². The van der Waals surface area contributed by atoms with Gasteiger partial charge < -0.3 is 10.6 Å². The maximum Gasteiger partial charge on any atom is 0.270 e. The van der Waals surface area contributed by atoms with E-state index in [4.69, 9.17) is 0 Å². The molecular weight excluding hydrogens is 246 g/mol. The molecule has 1 aromatic rings. The SMILES string of the molecule is CCNc1cccc(C(=O)NC(CC)CSC)n1. The first-order chi connectivity index (χ1) is 8.71. The molecule has 0 aliphatic heterocycles. The van der Waals surface area contributed by atoms with Gasteiger partial charge in [0, 0.05) is 18.3 Å². The number of pyridine rings is 1. The third-order valence-corrected chi connectivity index (χ3v) is 3.27. The summed E-state index contributed by atoms with van der Waals surface area (Å²) in [4.78, 5) is 16.3. The summed E-state index contributed by atoms with van der Waals surface area (Å²) in [6.07, 6.45) is 2.97. The summed E-state index contributed by atoms with van der Waals surface area (Å²) in [7, 11) is 0. The van der Waals surface area contributed by atoms with Crippen molar-refractivity contribution in [2.75, 3.05) is 23.9 Å². The van der Waals surface area contributed by atoms with Crippen molar-refractivity contribution in [3.05, 3.63) is 23.9 Å². The van der Waals surface area contributed by atoms with Crippen molar-refractivity contribution in [1.82, 2.24) is 10.3 Å². The molecule has 1 unspecified atom stereocenters. The molecule has 0 aliphatic carbocycles. The van der Waals surface area contributed by atoms with Gasteiger partial charge in [-0.2, -0.15) is 11.8 Å². The van der Waals surface area contributed by atoms with Crippen molar-refractivity contribution in [1.29, 1.82) is 0 Å². The van der Waals surface area contributed by atoms with Crippen LogP contribution in [0, 0.1) is 0 Å². The van der Waals surface area contributed by atoms with Crippen molar-refractivity contribution in [2.24, 2.45) is 0 Å². The van der Waals surface area contributed by atoms with E-state index >= 15 is 0 Å². The predicted octanol–water partition coefficient (Wildman–Crippen LogP) is 2.38. The minimum atomic E-state index is -0.101. The average molecular weight is 267 g/mol. The summed E-state index contributed by atoms with van der Waals surface area (Å²) >= 11 is 1.74. The molecule has 0 fully saturated rings. The second-order valence-electron chi connectivity index (χ2n) is 3.97.